The standard InChI is InChI=1S/C7H11NO/c9-7-5-2-1-3-6(4-5)8-7/h5-6H,1-4H2,(H,8,9)/t5-,6-/m0/s1. The van der Waals surface area contributed by atoms with Crippen molar-refractivity contribution in [3.05, 3.63) is 0 Å². The van der Waals surface area contributed by atoms with Gasteiger partial charge in [0.2, 0.25) is 5.91 Å². The van der Waals surface area contributed by atoms with Gasteiger partial charge in [0.25, 0.3) is 0 Å². The lowest BCUT2D eigenvalue weighted by Crippen LogP contribution is -2.24. The molecule has 2 nitrogen and oxygen atoms in total. The summed E-state index contributed by atoms with van der Waals surface area (Å²) in [6.07, 6.45) is 4.69. The largest absolute Gasteiger partial charge is 0.353 e. The van der Waals surface area contributed by atoms with Crippen LogP contribution in [0.1, 0.15) is 25.7 Å². The number of hydrogen-bond acceptors (Lipinski definition) is 1. The number of hydrogen-bond donors (Lipinski definition) is 1. The Bertz CT molecular complexity index is 144. The van der Waals surface area contributed by atoms with Gasteiger partial charge in [-0.05, 0) is 19.3 Å². The topological polar surface area (TPSA) is 29.1 Å². The molecule has 1 aliphatic heterocycles. The summed E-state index contributed by atoms with van der Waals surface area (Å²) in [4.78, 5) is 10.9. The zero-order valence-corrected chi connectivity index (χ0v) is 5.39. The number of fused-ring (bicyclic) bond motifs is 2. The molecule has 50 valence electrons. The molecule has 1 aliphatic carbocycles. The van der Waals surface area contributed by atoms with Crippen LogP contribution in [-0.4, -0.2) is 11.9 Å². The Morgan fingerprint density at radius 3 is 3.00 bits per heavy atom. The maximum atomic E-state index is 10.9. The summed E-state index contributed by atoms with van der Waals surface area (Å²) in [6.45, 7) is 0. The van der Waals surface area contributed by atoms with Crippen LogP contribution in [0.3, 0.4) is 0 Å². The van der Waals surface area contributed by atoms with Crippen molar-refractivity contribution in [2.24, 2.45) is 5.92 Å². The van der Waals surface area contributed by atoms with Crippen molar-refractivity contribution in [2.75, 3.05) is 0 Å². The maximum Gasteiger partial charge on any atom is 0.223 e. The third kappa shape index (κ3) is 0.732. The van der Waals surface area contributed by atoms with Gasteiger partial charge in [0.05, 0.1) is 0 Å². The normalized spacial score (nSPS) is 40.7. The van der Waals surface area contributed by atoms with Crippen LogP contribution in [0.25, 0.3) is 0 Å². The number of amides is 1. The van der Waals surface area contributed by atoms with E-state index in [1.165, 1.54) is 12.8 Å². The van der Waals surface area contributed by atoms with Gasteiger partial charge in [0, 0.05) is 12.0 Å². The second-order valence-electron chi connectivity index (χ2n) is 3.07. The lowest BCUT2D eigenvalue weighted by molar-refractivity contribution is -0.122. The van der Waals surface area contributed by atoms with E-state index >= 15 is 0 Å². The van der Waals surface area contributed by atoms with Crippen LogP contribution in [0, 0.1) is 5.92 Å². The van der Waals surface area contributed by atoms with Gasteiger partial charge in [-0.3, -0.25) is 4.79 Å². The average Bonchev–Trinajstić information content (AvgIpc) is 2.09. The second-order valence-corrected chi connectivity index (χ2v) is 3.07. The first-order chi connectivity index (χ1) is 4.36. The van der Waals surface area contributed by atoms with Crippen LogP contribution >= 0.6 is 0 Å². The summed E-state index contributed by atoms with van der Waals surface area (Å²) < 4.78 is 0. The molecule has 2 atom stereocenters. The van der Waals surface area contributed by atoms with E-state index < -0.39 is 0 Å². The highest BCUT2D eigenvalue weighted by atomic mass is 16.2. The minimum absolute atomic E-state index is 0.303. The molecule has 2 bridgehead atoms. The third-order valence-electron chi connectivity index (χ3n) is 2.39. The Morgan fingerprint density at radius 2 is 2.33 bits per heavy atom. The van der Waals surface area contributed by atoms with Crippen molar-refractivity contribution in [3.8, 4) is 0 Å². The van der Waals surface area contributed by atoms with Crippen LogP contribution in [0.5, 0.6) is 0 Å². The number of carbonyl (C=O) groups is 1. The predicted octanol–water partition coefficient (Wildman–Crippen LogP) is 0.675. The van der Waals surface area contributed by atoms with E-state index in [4.69, 9.17) is 0 Å². The molecule has 1 heterocycles. The molecule has 0 radical (unpaired) electrons. The van der Waals surface area contributed by atoms with Gasteiger partial charge in [-0.2, -0.15) is 0 Å². The van der Waals surface area contributed by atoms with E-state index in [0.29, 0.717) is 17.9 Å². The first-order valence-corrected chi connectivity index (χ1v) is 3.66. The minimum Gasteiger partial charge on any atom is -0.353 e. The molecule has 2 aliphatic rings. The average molecular weight is 125 g/mol. The molecule has 9 heavy (non-hydrogen) atoms. The molecule has 1 amide bonds. The van der Waals surface area contributed by atoms with Crippen molar-refractivity contribution in [2.45, 2.75) is 31.7 Å². The molecular formula is C7H11NO. The fraction of sp³-hybridized carbons (Fsp3) is 0.857. The highest BCUT2D eigenvalue weighted by Crippen LogP contribution is 2.29. The van der Waals surface area contributed by atoms with E-state index in [9.17, 15) is 4.79 Å². The van der Waals surface area contributed by atoms with Gasteiger partial charge in [-0.15, -0.1) is 0 Å². The van der Waals surface area contributed by atoms with Gasteiger partial charge in [-0.25, -0.2) is 0 Å². The number of carbonyl (C=O) groups excluding carboxylic acids is 1. The first-order valence-electron chi connectivity index (χ1n) is 3.66. The zero-order valence-electron chi connectivity index (χ0n) is 5.39. The lowest BCUT2D eigenvalue weighted by Gasteiger charge is -2.14. The Hall–Kier alpha value is -0.530. The second kappa shape index (κ2) is 1.72. The minimum atomic E-state index is 0.303. The molecular weight excluding hydrogens is 114 g/mol. The Kier molecular flexibility index (Phi) is 1.01. The first kappa shape index (κ1) is 5.27. The van der Waals surface area contributed by atoms with Crippen LogP contribution in [0.2, 0.25) is 0 Å². The van der Waals surface area contributed by atoms with Crippen molar-refractivity contribution in [1.29, 1.82) is 0 Å². The molecule has 1 saturated heterocycles. The molecule has 2 rings (SSSR count). The summed E-state index contributed by atoms with van der Waals surface area (Å²) in [5.74, 6) is 0.682. The van der Waals surface area contributed by atoms with E-state index in [2.05, 4.69) is 5.32 Å². The van der Waals surface area contributed by atoms with Crippen LogP contribution < -0.4 is 5.32 Å². The highest BCUT2D eigenvalue weighted by molar-refractivity contribution is 5.81. The molecule has 0 spiro atoms. The lowest BCUT2D eigenvalue weighted by atomic mass is 9.90. The summed E-state index contributed by atoms with van der Waals surface area (Å²) in [6, 6.07) is 0.538. The van der Waals surface area contributed by atoms with Crippen molar-refractivity contribution < 1.29 is 4.79 Å². The molecule has 1 saturated carbocycles. The molecule has 2 heteroatoms. The van der Waals surface area contributed by atoms with Crippen molar-refractivity contribution >= 4 is 5.91 Å². The van der Waals surface area contributed by atoms with Crippen molar-refractivity contribution in [3.63, 3.8) is 0 Å². The number of nitrogens with one attached hydrogen (secondary N) is 1. The maximum absolute atomic E-state index is 10.9. The Morgan fingerprint density at radius 1 is 1.44 bits per heavy atom. The molecule has 2 fully saturated rings. The fourth-order valence-electron chi connectivity index (χ4n) is 1.88. The van der Waals surface area contributed by atoms with E-state index in [1.54, 1.807) is 0 Å². The summed E-state index contributed by atoms with van der Waals surface area (Å²) in [5.41, 5.74) is 0. The van der Waals surface area contributed by atoms with E-state index in [0.717, 1.165) is 12.8 Å². The van der Waals surface area contributed by atoms with Gasteiger partial charge in [0.15, 0.2) is 0 Å². The van der Waals surface area contributed by atoms with E-state index in [-0.39, 0.29) is 0 Å². The van der Waals surface area contributed by atoms with Crippen molar-refractivity contribution in [1.82, 2.24) is 5.32 Å². The van der Waals surface area contributed by atoms with E-state index in [1.807, 2.05) is 0 Å². The van der Waals surface area contributed by atoms with Crippen LogP contribution in [0.4, 0.5) is 0 Å². The molecule has 0 unspecified atom stereocenters. The molecule has 0 aromatic carbocycles. The van der Waals surface area contributed by atoms with Gasteiger partial charge >= 0.3 is 0 Å². The fourth-order valence-corrected chi connectivity index (χ4v) is 1.88. The Labute approximate surface area is 54.6 Å². The third-order valence-corrected chi connectivity index (χ3v) is 2.39. The molecule has 0 aromatic heterocycles. The van der Waals surface area contributed by atoms with Crippen LogP contribution in [0.15, 0.2) is 0 Å². The summed E-state index contributed by atoms with van der Waals surface area (Å²) in [7, 11) is 0. The van der Waals surface area contributed by atoms with Crippen LogP contribution in [-0.2, 0) is 4.79 Å². The zero-order chi connectivity index (χ0) is 6.27. The smallest absolute Gasteiger partial charge is 0.223 e. The SMILES string of the molecule is O=C1N[C@H]2CCC[C@H]1C2. The van der Waals surface area contributed by atoms with Gasteiger partial charge < -0.3 is 5.32 Å². The summed E-state index contributed by atoms with van der Waals surface area (Å²) in [5, 5.41) is 2.98. The monoisotopic (exact) mass is 125 g/mol. The molecule has 0 aromatic rings. The number of rotatable bonds is 0. The molecule has 1 N–H and O–H groups in total. The van der Waals surface area contributed by atoms with Gasteiger partial charge in [-0.1, -0.05) is 6.42 Å². The predicted molar refractivity (Wildman–Crippen MR) is 33.9 cm³/mol. The summed E-state index contributed by atoms with van der Waals surface area (Å²) >= 11 is 0. The Balaban J connectivity index is 2.15. The van der Waals surface area contributed by atoms with Gasteiger partial charge in [0.1, 0.15) is 0 Å². The highest BCUT2D eigenvalue weighted by Gasteiger charge is 2.34. The quantitative estimate of drug-likeness (QED) is 0.506.